The second-order valence-corrected chi connectivity index (χ2v) is 10.6. The van der Waals surface area contributed by atoms with Gasteiger partial charge in [-0.3, -0.25) is 19.7 Å². The van der Waals surface area contributed by atoms with Gasteiger partial charge in [0.1, 0.15) is 16.4 Å². The van der Waals surface area contributed by atoms with E-state index < -0.39 is 11.6 Å². The number of ketones is 2. The SMILES string of the molecule is CCNC(=O)Nc1sc2c(c1C(=O)N1CCC3(CC1)CC(=O)c1cc(Cl)ccc1O3)CCCC2=O. The first-order valence-corrected chi connectivity index (χ1v) is 13.0. The number of rotatable bonds is 3. The zero-order chi connectivity index (χ0) is 24.7. The Hall–Kier alpha value is -2.91. The van der Waals surface area contributed by atoms with E-state index in [4.69, 9.17) is 16.3 Å². The van der Waals surface area contributed by atoms with E-state index in [2.05, 4.69) is 10.6 Å². The molecule has 2 N–H and O–H groups in total. The third-order valence-electron chi connectivity index (χ3n) is 6.88. The number of hydrogen-bond acceptors (Lipinski definition) is 6. The molecular formula is C25H26ClN3O5S. The van der Waals surface area contributed by atoms with Crippen molar-refractivity contribution in [2.24, 2.45) is 0 Å². The molecule has 0 atom stereocenters. The van der Waals surface area contributed by atoms with Crippen LogP contribution in [0.25, 0.3) is 0 Å². The molecule has 1 saturated heterocycles. The van der Waals surface area contributed by atoms with Crippen molar-refractivity contribution in [3.8, 4) is 5.75 Å². The van der Waals surface area contributed by atoms with Gasteiger partial charge in [0.05, 0.1) is 22.4 Å². The first-order valence-electron chi connectivity index (χ1n) is 11.8. The molecule has 1 aliphatic carbocycles. The van der Waals surface area contributed by atoms with Crippen LogP contribution < -0.4 is 15.4 Å². The van der Waals surface area contributed by atoms with Crippen molar-refractivity contribution < 1.29 is 23.9 Å². The van der Waals surface area contributed by atoms with Crippen LogP contribution in [0.3, 0.4) is 0 Å². The molecule has 5 rings (SSSR count). The van der Waals surface area contributed by atoms with Crippen LogP contribution in [0.5, 0.6) is 5.75 Å². The maximum absolute atomic E-state index is 13.7. The Labute approximate surface area is 212 Å². The van der Waals surface area contributed by atoms with Crippen LogP contribution in [0.1, 0.15) is 75.0 Å². The van der Waals surface area contributed by atoms with Crippen LogP contribution in [0.2, 0.25) is 5.02 Å². The largest absolute Gasteiger partial charge is 0.486 e. The van der Waals surface area contributed by atoms with Crippen molar-refractivity contribution in [3.63, 3.8) is 0 Å². The zero-order valence-electron chi connectivity index (χ0n) is 19.4. The fourth-order valence-electron chi connectivity index (χ4n) is 5.11. The fourth-order valence-corrected chi connectivity index (χ4v) is 6.49. The highest BCUT2D eigenvalue weighted by atomic mass is 35.5. The number of Topliss-reactive ketones (excluding diaryl/α,β-unsaturated/α-hetero) is 2. The maximum atomic E-state index is 13.7. The maximum Gasteiger partial charge on any atom is 0.319 e. The van der Waals surface area contributed by atoms with Gasteiger partial charge < -0.3 is 15.0 Å². The van der Waals surface area contributed by atoms with Crippen LogP contribution in [-0.4, -0.2) is 53.6 Å². The van der Waals surface area contributed by atoms with Crippen molar-refractivity contribution in [1.29, 1.82) is 0 Å². The molecule has 184 valence electrons. The number of anilines is 1. The quantitative estimate of drug-likeness (QED) is 0.616. The molecule has 1 aromatic heterocycles. The topological polar surface area (TPSA) is 105 Å². The third-order valence-corrected chi connectivity index (χ3v) is 8.31. The number of likely N-dealkylation sites (tertiary alicyclic amines) is 1. The Morgan fingerprint density at radius 1 is 1.17 bits per heavy atom. The third kappa shape index (κ3) is 4.43. The summed E-state index contributed by atoms with van der Waals surface area (Å²) in [6.45, 7) is 3.08. The summed E-state index contributed by atoms with van der Waals surface area (Å²) in [4.78, 5) is 53.6. The number of amides is 3. The Morgan fingerprint density at radius 2 is 1.94 bits per heavy atom. The number of fused-ring (bicyclic) bond motifs is 2. The molecule has 2 aromatic rings. The van der Waals surface area contributed by atoms with Crippen LogP contribution in [0.4, 0.5) is 9.80 Å². The number of carbonyl (C=O) groups excluding carboxylic acids is 4. The second-order valence-electron chi connectivity index (χ2n) is 9.19. The van der Waals surface area contributed by atoms with Gasteiger partial charge in [-0.1, -0.05) is 11.6 Å². The minimum absolute atomic E-state index is 0.00707. The van der Waals surface area contributed by atoms with E-state index in [0.717, 1.165) is 5.56 Å². The normalized spacial score (nSPS) is 18.5. The number of thiophene rings is 1. The predicted octanol–water partition coefficient (Wildman–Crippen LogP) is 4.70. The summed E-state index contributed by atoms with van der Waals surface area (Å²) >= 11 is 7.22. The Bertz CT molecular complexity index is 1230. The van der Waals surface area contributed by atoms with Crippen LogP contribution >= 0.6 is 22.9 Å². The highest BCUT2D eigenvalue weighted by Crippen LogP contribution is 2.42. The molecule has 1 fully saturated rings. The van der Waals surface area contributed by atoms with Gasteiger partial charge in [0.25, 0.3) is 5.91 Å². The van der Waals surface area contributed by atoms with Gasteiger partial charge in [-0.15, -0.1) is 11.3 Å². The van der Waals surface area contributed by atoms with Crippen molar-refractivity contribution in [2.45, 2.75) is 51.0 Å². The standard InChI is InChI=1S/C25H26ClN3O5S/c1-2-27-24(33)28-22-20(15-4-3-5-17(30)21(15)35-22)23(32)29-10-8-25(9-11-29)13-18(31)16-12-14(26)6-7-19(16)34-25/h6-7,12H,2-5,8-11,13H2,1H3,(H2,27,28,33). The van der Waals surface area contributed by atoms with Gasteiger partial charge in [-0.05, 0) is 43.5 Å². The molecule has 0 radical (unpaired) electrons. The number of halogens is 1. The summed E-state index contributed by atoms with van der Waals surface area (Å²) in [6.07, 6.45) is 3.03. The first kappa shape index (κ1) is 23.8. The number of benzene rings is 1. The van der Waals surface area contributed by atoms with Gasteiger partial charge in [-0.25, -0.2) is 4.79 Å². The van der Waals surface area contributed by atoms with Crippen molar-refractivity contribution in [2.75, 3.05) is 25.0 Å². The average Bonchev–Trinajstić information content (AvgIpc) is 3.19. The van der Waals surface area contributed by atoms with Gasteiger partial charge in [0.2, 0.25) is 0 Å². The molecular weight excluding hydrogens is 490 g/mol. The number of urea groups is 1. The summed E-state index contributed by atoms with van der Waals surface area (Å²) in [5, 5.41) is 6.36. The van der Waals surface area contributed by atoms with Crippen molar-refractivity contribution >= 4 is 51.4 Å². The Balaban J connectivity index is 1.37. The number of nitrogens with one attached hydrogen (secondary N) is 2. The zero-order valence-corrected chi connectivity index (χ0v) is 20.9. The fraction of sp³-hybridized carbons (Fsp3) is 0.440. The van der Waals surface area contributed by atoms with Gasteiger partial charge in [-0.2, -0.15) is 0 Å². The molecule has 10 heteroatoms. The van der Waals surface area contributed by atoms with E-state index in [-0.39, 0.29) is 23.9 Å². The van der Waals surface area contributed by atoms with E-state index in [1.54, 1.807) is 23.1 Å². The minimum Gasteiger partial charge on any atom is -0.486 e. The molecule has 8 nitrogen and oxygen atoms in total. The number of piperidine rings is 1. The Kier molecular flexibility index (Phi) is 6.31. The average molecular weight is 516 g/mol. The number of nitrogens with zero attached hydrogens (tertiary/aromatic N) is 1. The summed E-state index contributed by atoms with van der Waals surface area (Å²) in [7, 11) is 0. The molecule has 2 aliphatic heterocycles. The summed E-state index contributed by atoms with van der Waals surface area (Å²) < 4.78 is 6.29. The van der Waals surface area contributed by atoms with Crippen molar-refractivity contribution in [3.05, 3.63) is 44.8 Å². The highest BCUT2D eigenvalue weighted by Gasteiger charge is 2.44. The second kappa shape index (κ2) is 9.28. The molecule has 1 spiro atoms. The first-order chi connectivity index (χ1) is 16.8. The smallest absolute Gasteiger partial charge is 0.319 e. The minimum atomic E-state index is -0.652. The number of hydrogen-bond donors (Lipinski definition) is 2. The molecule has 3 aliphatic rings. The van der Waals surface area contributed by atoms with Crippen LogP contribution in [-0.2, 0) is 6.42 Å². The molecule has 1 aromatic carbocycles. The van der Waals surface area contributed by atoms with Crippen LogP contribution in [0, 0.1) is 0 Å². The highest BCUT2D eigenvalue weighted by molar-refractivity contribution is 7.18. The van der Waals surface area contributed by atoms with Crippen LogP contribution in [0.15, 0.2) is 18.2 Å². The molecule has 0 bridgehead atoms. The number of ether oxygens (including phenoxy) is 1. The van der Waals surface area contributed by atoms with E-state index in [9.17, 15) is 19.2 Å². The molecule has 35 heavy (non-hydrogen) atoms. The number of carbonyl (C=O) groups is 4. The summed E-state index contributed by atoms with van der Waals surface area (Å²) in [5.41, 5.74) is 0.997. The predicted molar refractivity (Wildman–Crippen MR) is 133 cm³/mol. The van der Waals surface area contributed by atoms with E-state index in [0.29, 0.717) is 83.5 Å². The Morgan fingerprint density at radius 3 is 2.69 bits per heavy atom. The monoisotopic (exact) mass is 515 g/mol. The molecule has 3 heterocycles. The molecule has 0 saturated carbocycles. The molecule has 0 unspecified atom stereocenters. The van der Waals surface area contributed by atoms with E-state index in [1.807, 2.05) is 6.92 Å². The lowest BCUT2D eigenvalue weighted by atomic mass is 9.82. The lowest BCUT2D eigenvalue weighted by Gasteiger charge is -2.44. The lowest BCUT2D eigenvalue weighted by Crippen LogP contribution is -2.52. The van der Waals surface area contributed by atoms with E-state index >= 15 is 0 Å². The summed E-state index contributed by atoms with van der Waals surface area (Å²) in [5.74, 6) is 0.338. The van der Waals surface area contributed by atoms with Crippen molar-refractivity contribution in [1.82, 2.24) is 10.2 Å². The molecule has 3 amide bonds. The summed E-state index contributed by atoms with van der Waals surface area (Å²) in [6, 6.07) is 4.66. The van der Waals surface area contributed by atoms with Gasteiger partial charge >= 0.3 is 6.03 Å². The van der Waals surface area contributed by atoms with Gasteiger partial charge in [0.15, 0.2) is 11.6 Å². The van der Waals surface area contributed by atoms with Gasteiger partial charge in [0, 0.05) is 43.9 Å². The lowest BCUT2D eigenvalue weighted by molar-refractivity contribution is -0.00569. The van der Waals surface area contributed by atoms with E-state index in [1.165, 1.54) is 11.3 Å².